The zero-order chi connectivity index (χ0) is 16.3. The first-order valence-electron chi connectivity index (χ1n) is 7.05. The van der Waals surface area contributed by atoms with E-state index in [0.29, 0.717) is 10.4 Å². The van der Waals surface area contributed by atoms with Crippen molar-refractivity contribution in [3.8, 4) is 11.7 Å². The summed E-state index contributed by atoms with van der Waals surface area (Å²) in [5.41, 5.74) is -0.0701. The molecule has 0 bridgehead atoms. The third kappa shape index (κ3) is 3.36. The molecule has 0 aliphatic carbocycles. The first-order chi connectivity index (χ1) is 10.4. The van der Waals surface area contributed by atoms with Gasteiger partial charge < -0.3 is 9.47 Å². The molecule has 0 saturated heterocycles. The molecule has 1 aromatic carbocycles. The van der Waals surface area contributed by atoms with Gasteiger partial charge in [-0.05, 0) is 39.8 Å². The molecular formula is C15H19N3O4. The van der Waals surface area contributed by atoms with E-state index in [1.54, 1.807) is 38.1 Å². The van der Waals surface area contributed by atoms with Crippen molar-refractivity contribution in [1.29, 1.82) is 0 Å². The van der Waals surface area contributed by atoms with Gasteiger partial charge in [0.25, 0.3) is 0 Å². The first-order valence-corrected chi connectivity index (χ1v) is 7.05. The molecule has 0 radical (unpaired) electrons. The van der Waals surface area contributed by atoms with Crippen LogP contribution in [0.3, 0.4) is 0 Å². The third-order valence-corrected chi connectivity index (χ3v) is 2.61. The molecule has 0 aliphatic heterocycles. The Morgan fingerprint density at radius 1 is 1.09 bits per heavy atom. The van der Waals surface area contributed by atoms with Crippen molar-refractivity contribution in [1.82, 2.24) is 14.3 Å². The molecule has 7 nitrogen and oxygen atoms in total. The summed E-state index contributed by atoms with van der Waals surface area (Å²) in [5, 5.41) is 3.95. The molecule has 0 aliphatic rings. The minimum Gasteiger partial charge on any atom is -0.461 e. The van der Waals surface area contributed by atoms with Crippen LogP contribution in [0.4, 0.5) is 4.79 Å². The van der Waals surface area contributed by atoms with Gasteiger partial charge in [0.2, 0.25) is 0 Å². The number of carbonyl (C=O) groups excluding carboxylic acids is 1. The second kappa shape index (κ2) is 6.46. The fourth-order valence-corrected chi connectivity index (χ4v) is 1.81. The van der Waals surface area contributed by atoms with Crippen LogP contribution in [0.2, 0.25) is 0 Å². The number of aromatic nitrogens is 3. The van der Waals surface area contributed by atoms with Crippen molar-refractivity contribution in [2.45, 2.75) is 39.9 Å². The van der Waals surface area contributed by atoms with Crippen molar-refractivity contribution in [3.63, 3.8) is 0 Å². The highest BCUT2D eigenvalue weighted by Crippen LogP contribution is 2.14. The molecule has 118 valence electrons. The Morgan fingerprint density at radius 2 is 1.73 bits per heavy atom. The maximum atomic E-state index is 12.5. The van der Waals surface area contributed by atoms with Crippen LogP contribution >= 0.6 is 0 Å². The van der Waals surface area contributed by atoms with Crippen molar-refractivity contribution >= 4 is 6.09 Å². The van der Waals surface area contributed by atoms with Crippen LogP contribution in [0.15, 0.2) is 35.1 Å². The van der Waals surface area contributed by atoms with Crippen LogP contribution in [0, 0.1) is 0 Å². The Hall–Kier alpha value is -2.57. The molecule has 0 fully saturated rings. The number of benzene rings is 1. The molecule has 0 saturated carbocycles. The summed E-state index contributed by atoms with van der Waals surface area (Å²) >= 11 is 0. The van der Waals surface area contributed by atoms with Gasteiger partial charge in [-0.2, -0.15) is 0 Å². The summed E-state index contributed by atoms with van der Waals surface area (Å²) in [6, 6.07) is 8.90. The van der Waals surface area contributed by atoms with Crippen LogP contribution in [0.5, 0.6) is 6.01 Å². The molecule has 2 rings (SSSR count). The molecule has 22 heavy (non-hydrogen) atoms. The minimum atomic E-state index is -0.830. The minimum absolute atomic E-state index is 0.0481. The predicted octanol–water partition coefficient (Wildman–Crippen LogP) is 2.21. The smallest absolute Gasteiger partial charge is 0.439 e. The number of para-hydroxylation sites is 1. The zero-order valence-electron chi connectivity index (χ0n) is 13.0. The lowest BCUT2D eigenvalue weighted by Crippen LogP contribution is -2.31. The maximum Gasteiger partial charge on any atom is 0.439 e. The predicted molar refractivity (Wildman–Crippen MR) is 80.6 cm³/mol. The molecular weight excluding hydrogens is 286 g/mol. The van der Waals surface area contributed by atoms with Crippen molar-refractivity contribution < 1.29 is 14.3 Å². The fourth-order valence-electron chi connectivity index (χ4n) is 1.81. The van der Waals surface area contributed by atoms with Gasteiger partial charge in [-0.25, -0.2) is 14.2 Å². The Bertz CT molecular complexity index is 701. The van der Waals surface area contributed by atoms with Gasteiger partial charge in [0.05, 0.1) is 17.9 Å². The summed E-state index contributed by atoms with van der Waals surface area (Å²) in [6.07, 6.45) is -1.38. The highest BCUT2D eigenvalue weighted by Gasteiger charge is 2.22. The van der Waals surface area contributed by atoms with Gasteiger partial charge >= 0.3 is 17.8 Å². The van der Waals surface area contributed by atoms with Crippen LogP contribution in [-0.4, -0.2) is 32.6 Å². The van der Waals surface area contributed by atoms with Gasteiger partial charge in [0, 0.05) is 0 Å². The van der Waals surface area contributed by atoms with Gasteiger partial charge in [-0.15, -0.1) is 9.78 Å². The van der Waals surface area contributed by atoms with E-state index in [9.17, 15) is 9.59 Å². The Balaban J connectivity index is 2.53. The number of hydrogen-bond donors (Lipinski definition) is 0. The van der Waals surface area contributed by atoms with Crippen LogP contribution in [-0.2, 0) is 4.74 Å². The second-order valence-electron chi connectivity index (χ2n) is 5.25. The van der Waals surface area contributed by atoms with E-state index in [0.717, 1.165) is 0 Å². The van der Waals surface area contributed by atoms with Gasteiger partial charge in [-0.3, -0.25) is 0 Å². The average Bonchev–Trinajstić information content (AvgIpc) is 2.75. The monoisotopic (exact) mass is 305 g/mol. The summed E-state index contributed by atoms with van der Waals surface area (Å²) in [4.78, 5) is 24.4. The van der Waals surface area contributed by atoms with Crippen LogP contribution in [0.1, 0.15) is 27.7 Å². The zero-order valence-corrected chi connectivity index (χ0v) is 13.0. The van der Waals surface area contributed by atoms with Crippen molar-refractivity contribution in [2.24, 2.45) is 0 Å². The standard InChI is InChI=1S/C15H19N3O4/c1-10(2)21-13-16-18(15(20)22-11(3)4)14(19)17(13)12-8-6-5-7-9-12/h5-11H,1-4H3. The van der Waals surface area contributed by atoms with E-state index in [4.69, 9.17) is 9.47 Å². The maximum absolute atomic E-state index is 12.5. The quantitative estimate of drug-likeness (QED) is 0.865. The third-order valence-electron chi connectivity index (χ3n) is 2.61. The van der Waals surface area contributed by atoms with E-state index in [1.165, 1.54) is 4.57 Å². The molecule has 0 atom stereocenters. The number of nitrogens with zero attached hydrogens (tertiary/aromatic N) is 3. The van der Waals surface area contributed by atoms with Crippen molar-refractivity contribution in [2.75, 3.05) is 0 Å². The molecule has 1 heterocycles. The lowest BCUT2D eigenvalue weighted by atomic mass is 10.3. The molecule has 0 unspecified atom stereocenters. The topological polar surface area (TPSA) is 75.4 Å². The lowest BCUT2D eigenvalue weighted by Gasteiger charge is -2.09. The van der Waals surface area contributed by atoms with E-state index in [1.807, 2.05) is 19.9 Å². The molecule has 7 heteroatoms. The molecule has 1 aromatic heterocycles. The Morgan fingerprint density at radius 3 is 2.27 bits per heavy atom. The molecule has 0 N–H and O–H groups in total. The van der Waals surface area contributed by atoms with Gasteiger partial charge in [0.15, 0.2) is 0 Å². The van der Waals surface area contributed by atoms with Crippen LogP contribution in [0.25, 0.3) is 5.69 Å². The van der Waals surface area contributed by atoms with E-state index in [2.05, 4.69) is 5.10 Å². The van der Waals surface area contributed by atoms with Gasteiger partial charge in [0.1, 0.15) is 0 Å². The van der Waals surface area contributed by atoms with Crippen LogP contribution < -0.4 is 10.4 Å². The average molecular weight is 305 g/mol. The van der Waals surface area contributed by atoms with E-state index in [-0.39, 0.29) is 18.2 Å². The molecule has 2 aromatic rings. The SMILES string of the molecule is CC(C)OC(=O)n1nc(OC(C)C)n(-c2ccccc2)c1=O. The Kier molecular flexibility index (Phi) is 4.65. The number of rotatable bonds is 4. The van der Waals surface area contributed by atoms with Crippen molar-refractivity contribution in [3.05, 3.63) is 40.8 Å². The number of ether oxygens (including phenoxy) is 2. The largest absolute Gasteiger partial charge is 0.461 e. The van der Waals surface area contributed by atoms with E-state index < -0.39 is 11.8 Å². The highest BCUT2D eigenvalue weighted by molar-refractivity contribution is 5.69. The first kappa shape index (κ1) is 15.8. The lowest BCUT2D eigenvalue weighted by molar-refractivity contribution is 0.112. The Labute approximate surface area is 128 Å². The summed E-state index contributed by atoms with van der Waals surface area (Å²) in [6.45, 7) is 7.02. The normalized spacial score (nSPS) is 11.0. The van der Waals surface area contributed by atoms with Gasteiger partial charge in [-0.1, -0.05) is 18.2 Å². The number of carbonyl (C=O) groups is 1. The fraction of sp³-hybridized carbons (Fsp3) is 0.400. The number of hydrogen-bond acceptors (Lipinski definition) is 5. The molecule has 0 spiro atoms. The molecule has 0 amide bonds. The second-order valence-corrected chi connectivity index (χ2v) is 5.25. The summed E-state index contributed by atoms with van der Waals surface area (Å²) in [5.74, 6) is 0. The highest BCUT2D eigenvalue weighted by atomic mass is 16.6. The summed E-state index contributed by atoms with van der Waals surface area (Å²) in [7, 11) is 0. The van der Waals surface area contributed by atoms with E-state index >= 15 is 0 Å². The summed E-state index contributed by atoms with van der Waals surface area (Å²) < 4.78 is 12.5.